The van der Waals surface area contributed by atoms with E-state index in [0.717, 1.165) is 10.8 Å². The molecule has 2 rings (SSSR count). The Balaban J connectivity index is 2.05. The topological polar surface area (TPSA) is 84.2 Å². The number of nitrogens with one attached hydrogen (secondary N) is 2. The van der Waals surface area contributed by atoms with Gasteiger partial charge < -0.3 is 16.4 Å². The van der Waals surface area contributed by atoms with Gasteiger partial charge in [-0.1, -0.05) is 24.3 Å². The lowest BCUT2D eigenvalue weighted by Crippen LogP contribution is -2.30. The molecule has 0 atom stereocenters. The normalized spacial score (nSPS) is 10.3. The van der Waals surface area contributed by atoms with Crippen LogP contribution >= 0.6 is 0 Å². The van der Waals surface area contributed by atoms with E-state index in [2.05, 4.69) is 10.6 Å². The Bertz CT molecular complexity index is 668. The first-order valence-electron chi connectivity index (χ1n) is 6.95. The van der Waals surface area contributed by atoms with Gasteiger partial charge in [-0.2, -0.15) is 0 Å². The van der Waals surface area contributed by atoms with Crippen LogP contribution in [0, 0.1) is 0 Å². The van der Waals surface area contributed by atoms with Crippen molar-refractivity contribution in [2.24, 2.45) is 0 Å². The molecule has 0 bridgehead atoms. The molecule has 5 heteroatoms. The minimum atomic E-state index is -0.262. The molecule has 2 aromatic carbocycles. The molecule has 5 nitrogen and oxygen atoms in total. The molecule has 21 heavy (non-hydrogen) atoms. The van der Waals surface area contributed by atoms with Crippen LogP contribution in [0.1, 0.15) is 23.7 Å². The summed E-state index contributed by atoms with van der Waals surface area (Å²) in [6.45, 7) is 2.73. The number of hydrogen-bond acceptors (Lipinski definition) is 3. The van der Waals surface area contributed by atoms with Gasteiger partial charge in [-0.05, 0) is 29.8 Å². The van der Waals surface area contributed by atoms with Crippen molar-refractivity contribution in [3.8, 4) is 0 Å². The Labute approximate surface area is 123 Å². The number of nitrogens with two attached hydrogens (primary N) is 1. The van der Waals surface area contributed by atoms with E-state index in [1.807, 2.05) is 31.2 Å². The molecule has 0 radical (unpaired) electrons. The zero-order valence-corrected chi connectivity index (χ0v) is 12.0. The summed E-state index contributed by atoms with van der Waals surface area (Å²) in [7, 11) is 0. The highest BCUT2D eigenvalue weighted by atomic mass is 16.2. The summed E-state index contributed by atoms with van der Waals surface area (Å²) in [5.41, 5.74) is 6.80. The zero-order chi connectivity index (χ0) is 15.2. The SMILES string of the molecule is CCNC(=O)CCNC(=O)c1cc2ccccc2cc1N. The first-order valence-corrected chi connectivity index (χ1v) is 6.95. The third-order valence-corrected chi connectivity index (χ3v) is 3.17. The third kappa shape index (κ3) is 3.72. The van der Waals surface area contributed by atoms with Gasteiger partial charge >= 0.3 is 0 Å². The summed E-state index contributed by atoms with van der Waals surface area (Å²) in [6.07, 6.45) is 0.257. The van der Waals surface area contributed by atoms with Crippen molar-refractivity contribution >= 4 is 28.3 Å². The maximum absolute atomic E-state index is 12.1. The second-order valence-corrected chi connectivity index (χ2v) is 4.75. The van der Waals surface area contributed by atoms with Crippen LogP contribution in [-0.4, -0.2) is 24.9 Å². The lowest BCUT2D eigenvalue weighted by atomic mass is 10.0. The third-order valence-electron chi connectivity index (χ3n) is 3.17. The van der Waals surface area contributed by atoms with Gasteiger partial charge in [0.05, 0.1) is 5.56 Å². The molecule has 0 aliphatic rings. The molecule has 0 unspecified atom stereocenters. The van der Waals surface area contributed by atoms with Gasteiger partial charge in [0.2, 0.25) is 5.91 Å². The quantitative estimate of drug-likeness (QED) is 0.731. The van der Waals surface area contributed by atoms with E-state index in [9.17, 15) is 9.59 Å². The molecule has 4 N–H and O–H groups in total. The second-order valence-electron chi connectivity index (χ2n) is 4.75. The number of rotatable bonds is 5. The molecule has 0 saturated heterocycles. The van der Waals surface area contributed by atoms with E-state index < -0.39 is 0 Å². The van der Waals surface area contributed by atoms with Gasteiger partial charge in [0.15, 0.2) is 0 Å². The molecule has 2 amide bonds. The van der Waals surface area contributed by atoms with Crippen LogP contribution in [0.4, 0.5) is 5.69 Å². The van der Waals surface area contributed by atoms with Crippen LogP contribution < -0.4 is 16.4 Å². The van der Waals surface area contributed by atoms with Gasteiger partial charge in [0.1, 0.15) is 0 Å². The monoisotopic (exact) mass is 285 g/mol. The van der Waals surface area contributed by atoms with Crippen LogP contribution in [0.3, 0.4) is 0 Å². The maximum atomic E-state index is 12.1. The zero-order valence-electron chi connectivity index (χ0n) is 12.0. The fourth-order valence-electron chi connectivity index (χ4n) is 2.12. The Kier molecular flexibility index (Phi) is 4.77. The fourth-order valence-corrected chi connectivity index (χ4v) is 2.12. The average Bonchev–Trinajstić information content (AvgIpc) is 2.46. The molecule has 110 valence electrons. The number of amides is 2. The van der Waals surface area contributed by atoms with Gasteiger partial charge in [-0.15, -0.1) is 0 Å². The summed E-state index contributed by atoms with van der Waals surface area (Å²) in [5, 5.41) is 7.35. The molecular formula is C16H19N3O2. The lowest BCUT2D eigenvalue weighted by molar-refractivity contribution is -0.120. The standard InChI is InChI=1S/C16H19N3O2/c1-2-18-15(20)7-8-19-16(21)13-9-11-5-3-4-6-12(11)10-14(13)17/h3-6,9-10H,2,7-8,17H2,1H3,(H,18,20)(H,19,21). The number of fused-ring (bicyclic) bond motifs is 1. The van der Waals surface area contributed by atoms with Gasteiger partial charge in [-0.3, -0.25) is 9.59 Å². The minimum Gasteiger partial charge on any atom is -0.398 e. The number of carbonyl (C=O) groups is 2. The number of benzene rings is 2. The summed E-state index contributed by atoms with van der Waals surface area (Å²) in [5.74, 6) is -0.341. The van der Waals surface area contributed by atoms with Crippen LogP contribution in [0.25, 0.3) is 10.8 Å². The summed E-state index contributed by atoms with van der Waals surface area (Å²) in [6, 6.07) is 11.3. The average molecular weight is 285 g/mol. The van der Waals surface area contributed by atoms with E-state index in [4.69, 9.17) is 5.73 Å². The van der Waals surface area contributed by atoms with Crippen LogP contribution in [0.2, 0.25) is 0 Å². The first-order chi connectivity index (χ1) is 10.1. The molecular weight excluding hydrogens is 266 g/mol. The van der Waals surface area contributed by atoms with Crippen molar-refractivity contribution in [3.63, 3.8) is 0 Å². The number of nitrogen functional groups attached to an aromatic ring is 1. The van der Waals surface area contributed by atoms with Crippen molar-refractivity contribution in [1.29, 1.82) is 0 Å². The smallest absolute Gasteiger partial charge is 0.253 e. The van der Waals surface area contributed by atoms with E-state index in [0.29, 0.717) is 17.8 Å². The van der Waals surface area contributed by atoms with Crippen LogP contribution in [-0.2, 0) is 4.79 Å². The van der Waals surface area contributed by atoms with Crippen LogP contribution in [0.5, 0.6) is 0 Å². The number of anilines is 1. The molecule has 0 spiro atoms. The second kappa shape index (κ2) is 6.74. The minimum absolute atomic E-state index is 0.0794. The van der Waals surface area contributed by atoms with E-state index in [1.165, 1.54) is 0 Å². The van der Waals surface area contributed by atoms with Crippen molar-refractivity contribution in [3.05, 3.63) is 42.0 Å². The number of hydrogen-bond donors (Lipinski definition) is 3. The Morgan fingerprint density at radius 3 is 2.43 bits per heavy atom. The van der Waals surface area contributed by atoms with Gasteiger partial charge in [0.25, 0.3) is 5.91 Å². The Morgan fingerprint density at radius 2 is 1.76 bits per heavy atom. The van der Waals surface area contributed by atoms with E-state index in [-0.39, 0.29) is 24.8 Å². The van der Waals surface area contributed by atoms with E-state index in [1.54, 1.807) is 12.1 Å². The van der Waals surface area contributed by atoms with Crippen LogP contribution in [0.15, 0.2) is 36.4 Å². The first kappa shape index (κ1) is 14.8. The predicted molar refractivity (Wildman–Crippen MR) is 84.0 cm³/mol. The highest BCUT2D eigenvalue weighted by molar-refractivity contribution is 6.04. The lowest BCUT2D eigenvalue weighted by Gasteiger charge is -2.09. The highest BCUT2D eigenvalue weighted by Gasteiger charge is 2.11. The molecule has 0 heterocycles. The van der Waals surface area contributed by atoms with Gasteiger partial charge in [-0.25, -0.2) is 0 Å². The van der Waals surface area contributed by atoms with E-state index >= 15 is 0 Å². The summed E-state index contributed by atoms with van der Waals surface area (Å²) in [4.78, 5) is 23.4. The molecule has 2 aromatic rings. The Morgan fingerprint density at radius 1 is 1.10 bits per heavy atom. The molecule has 0 aliphatic heterocycles. The Hall–Kier alpha value is -2.56. The molecule has 0 aliphatic carbocycles. The van der Waals surface area contributed by atoms with Crippen molar-refractivity contribution in [2.45, 2.75) is 13.3 Å². The predicted octanol–water partition coefficient (Wildman–Crippen LogP) is 1.68. The molecule has 0 saturated carbocycles. The fraction of sp³-hybridized carbons (Fsp3) is 0.250. The van der Waals surface area contributed by atoms with Gasteiger partial charge in [0, 0.05) is 25.2 Å². The van der Waals surface area contributed by atoms with Crippen molar-refractivity contribution < 1.29 is 9.59 Å². The number of carbonyl (C=O) groups excluding carboxylic acids is 2. The van der Waals surface area contributed by atoms with Crippen molar-refractivity contribution in [2.75, 3.05) is 18.8 Å². The maximum Gasteiger partial charge on any atom is 0.253 e. The summed E-state index contributed by atoms with van der Waals surface area (Å²) < 4.78 is 0. The summed E-state index contributed by atoms with van der Waals surface area (Å²) >= 11 is 0. The van der Waals surface area contributed by atoms with Crippen molar-refractivity contribution in [1.82, 2.24) is 10.6 Å². The molecule has 0 fully saturated rings. The molecule has 0 aromatic heterocycles. The largest absolute Gasteiger partial charge is 0.398 e. The highest BCUT2D eigenvalue weighted by Crippen LogP contribution is 2.21.